The molecule has 0 aliphatic heterocycles. The molecule has 66 valence electrons. The number of fused-ring (bicyclic) bond motifs is 1. The van der Waals surface area contributed by atoms with Gasteiger partial charge in [0.2, 0.25) is 0 Å². The van der Waals surface area contributed by atoms with Crippen molar-refractivity contribution >= 4 is 16.6 Å². The van der Waals surface area contributed by atoms with Gasteiger partial charge in [0.1, 0.15) is 5.69 Å². The van der Waals surface area contributed by atoms with E-state index in [9.17, 15) is 4.91 Å². The minimum Gasteiger partial charge on any atom is -0.346 e. The van der Waals surface area contributed by atoms with Crippen molar-refractivity contribution in [2.24, 2.45) is 12.2 Å². The van der Waals surface area contributed by atoms with Crippen molar-refractivity contribution in [3.05, 3.63) is 34.9 Å². The van der Waals surface area contributed by atoms with E-state index in [1.165, 1.54) is 0 Å². The van der Waals surface area contributed by atoms with Crippen LogP contribution in [0.2, 0.25) is 0 Å². The summed E-state index contributed by atoms with van der Waals surface area (Å²) in [6.07, 6.45) is 0. The van der Waals surface area contributed by atoms with Gasteiger partial charge < -0.3 is 4.57 Å². The highest BCUT2D eigenvalue weighted by Crippen LogP contribution is 2.31. The lowest BCUT2D eigenvalue weighted by atomic mass is 10.2. The van der Waals surface area contributed by atoms with Gasteiger partial charge in [-0.25, -0.2) is 0 Å². The minimum absolute atomic E-state index is 0.554. The second kappa shape index (κ2) is 2.69. The molecule has 0 atom stereocenters. The van der Waals surface area contributed by atoms with Crippen LogP contribution >= 0.6 is 0 Å². The Bertz CT molecular complexity index is 471. The van der Waals surface area contributed by atoms with E-state index in [1.807, 2.05) is 42.8 Å². The highest BCUT2D eigenvalue weighted by atomic mass is 16.3. The first-order chi connectivity index (χ1) is 6.25. The van der Waals surface area contributed by atoms with Gasteiger partial charge in [0.25, 0.3) is 0 Å². The molecule has 0 saturated carbocycles. The van der Waals surface area contributed by atoms with Crippen molar-refractivity contribution in [3.63, 3.8) is 0 Å². The summed E-state index contributed by atoms with van der Waals surface area (Å²) in [5.41, 5.74) is 2.52. The number of hydrogen-bond donors (Lipinski definition) is 0. The Morgan fingerprint density at radius 3 is 2.69 bits per heavy atom. The lowest BCUT2D eigenvalue weighted by Gasteiger charge is -1.96. The summed E-state index contributed by atoms with van der Waals surface area (Å²) in [5.74, 6) is 0. The van der Waals surface area contributed by atoms with Crippen LogP contribution in [-0.4, -0.2) is 4.57 Å². The Kier molecular flexibility index (Phi) is 1.65. The van der Waals surface area contributed by atoms with Gasteiger partial charge in [-0.05, 0) is 18.2 Å². The summed E-state index contributed by atoms with van der Waals surface area (Å²) < 4.78 is 1.98. The van der Waals surface area contributed by atoms with Crippen LogP contribution in [0.25, 0.3) is 10.9 Å². The second-order valence-electron chi connectivity index (χ2n) is 3.10. The first-order valence-electron chi connectivity index (χ1n) is 4.13. The molecule has 2 rings (SSSR count). The molecule has 13 heavy (non-hydrogen) atoms. The van der Waals surface area contributed by atoms with Crippen molar-refractivity contribution in [1.82, 2.24) is 4.57 Å². The number of aromatic nitrogens is 1. The average Bonchev–Trinajstić information content (AvgIpc) is 2.41. The molecule has 0 unspecified atom stereocenters. The fraction of sp³-hybridized carbons (Fsp3) is 0.200. The normalized spacial score (nSPS) is 10.6. The molecule has 3 nitrogen and oxygen atoms in total. The smallest absolute Gasteiger partial charge is 0.136 e. The third-order valence-electron chi connectivity index (χ3n) is 2.46. The maximum absolute atomic E-state index is 10.6. The minimum atomic E-state index is 0.554. The Hall–Kier alpha value is -1.64. The van der Waals surface area contributed by atoms with E-state index in [1.54, 1.807) is 0 Å². The highest BCUT2D eigenvalue weighted by Gasteiger charge is 2.10. The molecule has 0 bridgehead atoms. The first-order valence-corrected chi connectivity index (χ1v) is 4.13. The Labute approximate surface area is 76.0 Å². The number of hydrogen-bond acceptors (Lipinski definition) is 2. The molecule has 3 heteroatoms. The largest absolute Gasteiger partial charge is 0.346 e. The molecule has 0 N–H and O–H groups in total. The summed E-state index contributed by atoms with van der Waals surface area (Å²) in [7, 11) is 1.94. The molecule has 0 amide bonds. The van der Waals surface area contributed by atoms with Gasteiger partial charge >= 0.3 is 0 Å². The third kappa shape index (κ3) is 0.967. The zero-order chi connectivity index (χ0) is 9.42. The van der Waals surface area contributed by atoms with Crippen LogP contribution in [0.3, 0.4) is 0 Å². The van der Waals surface area contributed by atoms with Crippen molar-refractivity contribution in [2.75, 3.05) is 0 Å². The highest BCUT2D eigenvalue weighted by molar-refractivity contribution is 5.93. The van der Waals surface area contributed by atoms with Crippen LogP contribution in [-0.2, 0) is 7.05 Å². The summed E-state index contributed by atoms with van der Waals surface area (Å²) in [4.78, 5) is 10.6. The van der Waals surface area contributed by atoms with Crippen molar-refractivity contribution in [3.8, 4) is 0 Å². The van der Waals surface area contributed by atoms with E-state index in [-0.39, 0.29) is 0 Å². The van der Waals surface area contributed by atoms with Gasteiger partial charge in [-0.3, -0.25) is 0 Å². The quantitative estimate of drug-likeness (QED) is 0.612. The van der Waals surface area contributed by atoms with E-state index in [2.05, 4.69) is 5.18 Å². The van der Waals surface area contributed by atoms with Gasteiger partial charge in [0.05, 0.1) is 5.52 Å². The predicted octanol–water partition coefficient (Wildman–Crippen LogP) is 2.88. The molecule has 1 aromatic heterocycles. The fourth-order valence-corrected chi connectivity index (χ4v) is 1.62. The number of aryl methyl sites for hydroxylation is 1. The molecular formula is C10H10N2O. The Morgan fingerprint density at radius 1 is 1.31 bits per heavy atom. The van der Waals surface area contributed by atoms with Crippen LogP contribution in [0.5, 0.6) is 0 Å². The van der Waals surface area contributed by atoms with Gasteiger partial charge in [0.15, 0.2) is 0 Å². The molecule has 0 aliphatic rings. The second-order valence-corrected chi connectivity index (χ2v) is 3.10. The Morgan fingerprint density at radius 2 is 2.00 bits per heavy atom. The third-order valence-corrected chi connectivity index (χ3v) is 2.46. The van der Waals surface area contributed by atoms with Crippen LogP contribution in [0, 0.1) is 11.8 Å². The molecule has 0 radical (unpaired) electrons. The van der Waals surface area contributed by atoms with Crippen LogP contribution < -0.4 is 0 Å². The number of para-hydroxylation sites is 1. The van der Waals surface area contributed by atoms with E-state index < -0.39 is 0 Å². The molecule has 0 fully saturated rings. The zero-order valence-corrected chi connectivity index (χ0v) is 7.61. The standard InChI is InChI=1S/C10H10N2O/c1-7-10(11-13)8-5-3-4-6-9(8)12(7)2/h3-6H,1-2H3. The lowest BCUT2D eigenvalue weighted by molar-refractivity contribution is 0.917. The number of nitrogens with zero attached hydrogens (tertiary/aromatic N) is 2. The number of rotatable bonds is 1. The summed E-state index contributed by atoms with van der Waals surface area (Å²) in [6.45, 7) is 1.90. The predicted molar refractivity (Wildman–Crippen MR) is 53.1 cm³/mol. The van der Waals surface area contributed by atoms with E-state index in [4.69, 9.17) is 0 Å². The fourth-order valence-electron chi connectivity index (χ4n) is 1.62. The van der Waals surface area contributed by atoms with Crippen molar-refractivity contribution < 1.29 is 0 Å². The zero-order valence-electron chi connectivity index (χ0n) is 7.61. The molecular weight excluding hydrogens is 164 g/mol. The SMILES string of the molecule is Cc1c(N=O)c2ccccc2n1C. The molecule has 2 aromatic rings. The lowest BCUT2D eigenvalue weighted by Crippen LogP contribution is -1.88. The maximum atomic E-state index is 10.6. The molecule has 1 aromatic carbocycles. The molecule has 0 spiro atoms. The first kappa shape index (κ1) is 7.98. The van der Waals surface area contributed by atoms with Gasteiger partial charge in [-0.1, -0.05) is 18.2 Å². The molecule has 1 heterocycles. The number of nitroso groups, excluding NO2 is 1. The molecule has 0 aliphatic carbocycles. The van der Waals surface area contributed by atoms with Crippen LogP contribution in [0.15, 0.2) is 29.4 Å². The van der Waals surface area contributed by atoms with Gasteiger partial charge in [-0.15, -0.1) is 4.91 Å². The van der Waals surface area contributed by atoms with Crippen LogP contribution in [0.1, 0.15) is 5.69 Å². The topological polar surface area (TPSA) is 34.4 Å². The summed E-state index contributed by atoms with van der Waals surface area (Å²) in [6, 6.07) is 7.77. The summed E-state index contributed by atoms with van der Waals surface area (Å²) in [5, 5.41) is 3.98. The van der Waals surface area contributed by atoms with E-state index >= 15 is 0 Å². The van der Waals surface area contributed by atoms with E-state index in [0.717, 1.165) is 16.6 Å². The Balaban J connectivity index is 2.98. The maximum Gasteiger partial charge on any atom is 0.136 e. The van der Waals surface area contributed by atoms with Crippen molar-refractivity contribution in [1.29, 1.82) is 0 Å². The van der Waals surface area contributed by atoms with Crippen molar-refractivity contribution in [2.45, 2.75) is 6.92 Å². The summed E-state index contributed by atoms with van der Waals surface area (Å²) >= 11 is 0. The average molecular weight is 174 g/mol. The van der Waals surface area contributed by atoms with Crippen LogP contribution in [0.4, 0.5) is 5.69 Å². The van der Waals surface area contributed by atoms with E-state index in [0.29, 0.717) is 5.69 Å². The monoisotopic (exact) mass is 174 g/mol. The number of benzene rings is 1. The van der Waals surface area contributed by atoms with Gasteiger partial charge in [0, 0.05) is 18.1 Å². The van der Waals surface area contributed by atoms with Gasteiger partial charge in [-0.2, -0.15) is 0 Å². The molecule has 0 saturated heterocycles.